The van der Waals surface area contributed by atoms with Gasteiger partial charge in [-0.25, -0.2) is 9.97 Å². The number of aromatic nitrogens is 2. The van der Waals surface area contributed by atoms with Crippen molar-refractivity contribution in [2.75, 3.05) is 27.3 Å². The predicted octanol–water partition coefficient (Wildman–Crippen LogP) is 5.72. The summed E-state index contributed by atoms with van der Waals surface area (Å²) in [4.78, 5) is 28.2. The number of ether oxygens (including phenoxy) is 2. The van der Waals surface area contributed by atoms with Crippen LogP contribution in [0.25, 0.3) is 33.6 Å². The maximum atomic E-state index is 12.2. The number of hydrogen-bond donors (Lipinski definition) is 2. The summed E-state index contributed by atoms with van der Waals surface area (Å²) in [7, 11) is 3.24. The summed E-state index contributed by atoms with van der Waals surface area (Å²) < 4.78 is 11.4. The van der Waals surface area contributed by atoms with Gasteiger partial charge in [-0.05, 0) is 73.6 Å². The lowest BCUT2D eigenvalue weighted by Crippen LogP contribution is -2.35. The Kier molecular flexibility index (Phi) is 9.15. The summed E-state index contributed by atoms with van der Waals surface area (Å²) in [6.45, 7) is 7.50. The lowest BCUT2D eigenvalue weighted by atomic mass is 9.89. The Balaban J connectivity index is 1.31. The molecule has 1 saturated carbocycles. The van der Waals surface area contributed by atoms with Crippen LogP contribution < -0.4 is 14.8 Å². The number of benzene rings is 2. The molecule has 2 aromatic heterocycles. The summed E-state index contributed by atoms with van der Waals surface area (Å²) in [6.07, 6.45) is 2.57. The number of amidine groups is 1. The molecule has 2 aromatic carbocycles. The van der Waals surface area contributed by atoms with Gasteiger partial charge in [-0.15, -0.1) is 0 Å². The van der Waals surface area contributed by atoms with Crippen LogP contribution in [0.4, 0.5) is 0 Å². The van der Waals surface area contributed by atoms with Crippen LogP contribution in [0.2, 0.25) is 0 Å². The molecule has 4 aromatic rings. The van der Waals surface area contributed by atoms with Crippen molar-refractivity contribution in [2.45, 2.75) is 58.7 Å². The third-order valence-corrected chi connectivity index (χ3v) is 9.19. The maximum Gasteiger partial charge on any atom is 0.225 e. The average molecular weight is 620 g/mol. The van der Waals surface area contributed by atoms with Gasteiger partial charge < -0.3 is 19.9 Å². The molecule has 0 bridgehead atoms. The van der Waals surface area contributed by atoms with E-state index in [2.05, 4.69) is 66.6 Å². The van der Waals surface area contributed by atoms with E-state index in [-0.39, 0.29) is 18.1 Å². The molecule has 1 fully saturated rings. The number of pyridine rings is 2. The summed E-state index contributed by atoms with van der Waals surface area (Å²) in [5.41, 5.74) is 9.73. The normalized spacial score (nSPS) is 17.7. The first kappa shape index (κ1) is 31.4. The fraction of sp³-hybridized carbons (Fsp3) is 0.351. The zero-order chi connectivity index (χ0) is 32.4. The van der Waals surface area contributed by atoms with Crippen LogP contribution in [0, 0.1) is 13.8 Å². The molecule has 0 radical (unpaired) electrons. The van der Waals surface area contributed by atoms with Gasteiger partial charge >= 0.3 is 0 Å². The highest BCUT2D eigenvalue weighted by Crippen LogP contribution is 2.37. The van der Waals surface area contributed by atoms with E-state index in [0.717, 1.165) is 69.6 Å². The van der Waals surface area contributed by atoms with Crippen LogP contribution >= 0.6 is 0 Å². The Bertz CT molecular complexity index is 1800. The van der Waals surface area contributed by atoms with Gasteiger partial charge in [0, 0.05) is 42.7 Å². The second kappa shape index (κ2) is 13.4. The highest BCUT2D eigenvalue weighted by molar-refractivity contribution is 6.09. The van der Waals surface area contributed by atoms with E-state index in [4.69, 9.17) is 19.4 Å². The summed E-state index contributed by atoms with van der Waals surface area (Å²) >= 11 is 0. The van der Waals surface area contributed by atoms with Gasteiger partial charge in [0.25, 0.3) is 0 Å². The van der Waals surface area contributed by atoms with E-state index in [1.165, 1.54) is 0 Å². The third kappa shape index (κ3) is 6.00. The van der Waals surface area contributed by atoms with Crippen LogP contribution in [0.1, 0.15) is 48.4 Å². The lowest BCUT2D eigenvalue weighted by Gasteiger charge is -2.19. The van der Waals surface area contributed by atoms with Crippen molar-refractivity contribution in [2.24, 2.45) is 4.99 Å². The van der Waals surface area contributed by atoms with Crippen molar-refractivity contribution < 1.29 is 19.4 Å². The summed E-state index contributed by atoms with van der Waals surface area (Å²) in [5, 5.41) is 13.7. The van der Waals surface area contributed by atoms with E-state index in [1.54, 1.807) is 26.0 Å². The third-order valence-electron chi connectivity index (χ3n) is 9.19. The molecule has 1 amide bonds. The van der Waals surface area contributed by atoms with Crippen LogP contribution in [0.15, 0.2) is 65.7 Å². The molecule has 9 nitrogen and oxygen atoms in total. The van der Waals surface area contributed by atoms with E-state index in [1.807, 2.05) is 18.2 Å². The summed E-state index contributed by atoms with van der Waals surface area (Å²) in [6, 6.07) is 20.7. The van der Waals surface area contributed by atoms with Gasteiger partial charge in [0.2, 0.25) is 17.7 Å². The quantitative estimate of drug-likeness (QED) is 0.247. The van der Waals surface area contributed by atoms with Crippen molar-refractivity contribution in [1.29, 1.82) is 0 Å². The van der Waals surface area contributed by atoms with Crippen molar-refractivity contribution in [3.8, 4) is 45.4 Å². The molecule has 46 heavy (non-hydrogen) atoms. The molecule has 238 valence electrons. The number of aliphatic hydroxyl groups excluding tert-OH is 1. The highest BCUT2D eigenvalue weighted by atomic mass is 16.5. The molecule has 2 aliphatic rings. The Labute approximate surface area is 270 Å². The number of carbonyl (C=O) groups excluding carboxylic acids is 1. The number of rotatable bonds is 9. The lowest BCUT2D eigenvalue weighted by molar-refractivity contribution is -0.124. The second-order valence-corrected chi connectivity index (χ2v) is 11.9. The molecule has 0 saturated heterocycles. The molecular weight excluding hydrogens is 578 g/mol. The van der Waals surface area contributed by atoms with Gasteiger partial charge in [0.15, 0.2) is 0 Å². The average Bonchev–Trinajstić information content (AvgIpc) is 3.73. The zero-order valence-corrected chi connectivity index (χ0v) is 27.1. The van der Waals surface area contributed by atoms with Crippen LogP contribution in [0.3, 0.4) is 0 Å². The molecule has 0 unspecified atom stereocenters. The van der Waals surface area contributed by atoms with E-state index in [9.17, 15) is 9.90 Å². The smallest absolute Gasteiger partial charge is 0.225 e. The summed E-state index contributed by atoms with van der Waals surface area (Å²) in [5.74, 6) is 1.57. The standard InChI is InChI=1S/C37H41N5O4/c1-22-26(9-6-11-28(22)31-17-15-25(36(40-31)45-4)21-39-33-13-8-14-34(33)44)27-10-7-12-29(23(27)2)32-18-16-30(37(41-32)46-5)35-38-19-20-42(35)24(3)43/h6-7,9-12,15-18,33-34,39,44H,8,13-14,19-21H2,1-5H3/t33-,34+/m1/s1. The minimum absolute atomic E-state index is 0.0508. The SMILES string of the molecule is COc1nc(-c2cccc(-c3cccc(-c4ccc(C5=NCCN5C(C)=O)c(OC)n4)c3C)c2C)ccc1CN[C@@H]1CCC[C@@H]1O. The van der Waals surface area contributed by atoms with Crippen LogP contribution in [-0.2, 0) is 11.3 Å². The molecule has 9 heteroatoms. The van der Waals surface area contributed by atoms with Gasteiger partial charge in [0.1, 0.15) is 5.84 Å². The topological polar surface area (TPSA) is 109 Å². The first-order valence-corrected chi connectivity index (χ1v) is 15.8. The highest BCUT2D eigenvalue weighted by Gasteiger charge is 2.27. The van der Waals surface area contributed by atoms with Gasteiger partial charge in [0.05, 0.1) is 43.8 Å². The zero-order valence-electron chi connectivity index (χ0n) is 27.1. The van der Waals surface area contributed by atoms with Gasteiger partial charge in [-0.1, -0.05) is 42.5 Å². The Morgan fingerprint density at radius 2 is 1.46 bits per heavy atom. The van der Waals surface area contributed by atoms with E-state index < -0.39 is 0 Å². The van der Waals surface area contributed by atoms with Crippen molar-refractivity contribution >= 4 is 11.7 Å². The molecule has 0 spiro atoms. The number of amides is 1. The fourth-order valence-corrected chi connectivity index (χ4v) is 6.66. The number of methoxy groups -OCH3 is 2. The van der Waals surface area contributed by atoms with Crippen molar-refractivity contribution in [3.05, 3.63) is 82.9 Å². The molecule has 6 rings (SSSR count). The van der Waals surface area contributed by atoms with Crippen LogP contribution in [-0.4, -0.2) is 71.2 Å². The molecular formula is C37H41N5O4. The number of nitrogens with one attached hydrogen (secondary N) is 1. The second-order valence-electron chi connectivity index (χ2n) is 11.9. The van der Waals surface area contributed by atoms with E-state index in [0.29, 0.717) is 42.8 Å². The molecule has 3 heterocycles. The number of nitrogens with zero attached hydrogens (tertiary/aromatic N) is 4. The molecule has 1 aliphatic carbocycles. The monoisotopic (exact) mass is 619 g/mol. The first-order valence-electron chi connectivity index (χ1n) is 15.8. The van der Waals surface area contributed by atoms with Gasteiger partial charge in [-0.2, -0.15) is 0 Å². The number of hydrogen-bond acceptors (Lipinski definition) is 8. The number of carbonyl (C=O) groups is 1. The fourth-order valence-electron chi connectivity index (χ4n) is 6.66. The van der Waals surface area contributed by atoms with E-state index >= 15 is 0 Å². The van der Waals surface area contributed by atoms with Crippen molar-refractivity contribution in [3.63, 3.8) is 0 Å². The Hall–Kier alpha value is -4.60. The number of aliphatic hydroxyl groups is 1. The Morgan fingerprint density at radius 3 is 2.04 bits per heavy atom. The largest absolute Gasteiger partial charge is 0.481 e. The predicted molar refractivity (Wildman–Crippen MR) is 180 cm³/mol. The van der Waals surface area contributed by atoms with Crippen LogP contribution in [0.5, 0.6) is 11.8 Å². The molecule has 1 aliphatic heterocycles. The maximum absolute atomic E-state index is 12.2. The molecule has 2 atom stereocenters. The Morgan fingerprint density at radius 1 is 0.848 bits per heavy atom. The first-order chi connectivity index (χ1) is 22.3. The minimum Gasteiger partial charge on any atom is -0.481 e. The van der Waals surface area contributed by atoms with Gasteiger partial charge in [-0.3, -0.25) is 14.7 Å². The molecule has 2 N–H and O–H groups in total. The number of aliphatic imine (C=N–C) groups is 1. The minimum atomic E-state index is -0.298. The van der Waals surface area contributed by atoms with Crippen molar-refractivity contribution in [1.82, 2.24) is 20.2 Å².